The van der Waals surface area contributed by atoms with Crippen molar-refractivity contribution >= 4 is 5.91 Å². The highest BCUT2D eigenvalue weighted by Gasteiger charge is 2.11. The van der Waals surface area contributed by atoms with Gasteiger partial charge in [-0.3, -0.25) is 4.79 Å². The van der Waals surface area contributed by atoms with Gasteiger partial charge in [-0.15, -0.1) is 0 Å². The second kappa shape index (κ2) is 7.73. The second-order valence-electron chi connectivity index (χ2n) is 3.93. The normalized spacial score (nSPS) is 13.8. The summed E-state index contributed by atoms with van der Waals surface area (Å²) in [5, 5.41) is 11.7. The quantitative estimate of drug-likeness (QED) is 0.522. The number of nitrogens with one attached hydrogen (secondary N) is 1. The molecule has 0 aromatic rings. The van der Waals surface area contributed by atoms with Crippen LogP contribution in [0.1, 0.15) is 27.7 Å². The molecule has 0 aliphatic heterocycles. The van der Waals surface area contributed by atoms with E-state index in [0.717, 1.165) is 6.08 Å². The highest BCUT2D eigenvalue weighted by molar-refractivity contribution is 5.88. The fourth-order valence-corrected chi connectivity index (χ4v) is 0.928. The van der Waals surface area contributed by atoms with Crippen LogP contribution >= 0.6 is 0 Å². The number of rotatable bonds is 7. The van der Waals surface area contributed by atoms with Gasteiger partial charge in [0, 0.05) is 0 Å². The van der Waals surface area contributed by atoms with Gasteiger partial charge in [-0.05, 0) is 33.8 Å². The molecule has 1 unspecified atom stereocenters. The number of carbonyl (C=O) groups excluding carboxylic acids is 1. The number of allylic oxidation sites excluding steroid dienone is 1. The van der Waals surface area contributed by atoms with Crippen molar-refractivity contribution in [3.05, 3.63) is 24.3 Å². The van der Waals surface area contributed by atoms with Crippen LogP contribution in [0.25, 0.3) is 0 Å². The van der Waals surface area contributed by atoms with E-state index in [4.69, 9.17) is 14.6 Å². The molecule has 0 aliphatic rings. The highest BCUT2D eigenvalue weighted by atomic mass is 16.7. The fraction of sp³-hybridized carbons (Fsp3) is 0.583. The van der Waals surface area contributed by atoms with Crippen LogP contribution in [0.15, 0.2) is 24.3 Å². The largest absolute Gasteiger partial charge is 0.461 e. The van der Waals surface area contributed by atoms with Crippen LogP contribution in [0.5, 0.6) is 0 Å². The summed E-state index contributed by atoms with van der Waals surface area (Å²) in [4.78, 5) is 11.1. The van der Waals surface area contributed by atoms with Crippen molar-refractivity contribution in [2.24, 2.45) is 0 Å². The van der Waals surface area contributed by atoms with Gasteiger partial charge in [0.2, 0.25) is 5.91 Å². The topological polar surface area (TPSA) is 67.8 Å². The Bertz CT molecular complexity index is 295. The van der Waals surface area contributed by atoms with Crippen LogP contribution in [0, 0.1) is 0 Å². The van der Waals surface area contributed by atoms with Crippen LogP contribution < -0.4 is 5.32 Å². The summed E-state index contributed by atoms with van der Waals surface area (Å²) >= 11 is 0. The molecule has 0 saturated heterocycles. The van der Waals surface area contributed by atoms with Crippen molar-refractivity contribution in [3.63, 3.8) is 0 Å². The minimum Gasteiger partial charge on any atom is -0.461 e. The number of hydrogen-bond acceptors (Lipinski definition) is 4. The molecule has 0 fully saturated rings. The minimum atomic E-state index is -0.608. The average molecular weight is 243 g/mol. The number of ether oxygens (including phenoxy) is 2. The first kappa shape index (κ1) is 15.5. The first-order valence-corrected chi connectivity index (χ1v) is 5.48. The van der Waals surface area contributed by atoms with E-state index in [1.807, 2.05) is 13.8 Å². The van der Waals surface area contributed by atoms with Crippen molar-refractivity contribution in [1.82, 2.24) is 5.32 Å². The molecule has 0 bridgehead atoms. The van der Waals surface area contributed by atoms with Gasteiger partial charge in [-0.1, -0.05) is 6.58 Å². The maximum atomic E-state index is 11.1. The van der Waals surface area contributed by atoms with E-state index in [9.17, 15) is 4.79 Å². The number of carbonyl (C=O) groups is 1. The van der Waals surface area contributed by atoms with E-state index in [1.54, 1.807) is 13.8 Å². The lowest BCUT2D eigenvalue weighted by molar-refractivity contribution is -0.116. The summed E-state index contributed by atoms with van der Waals surface area (Å²) in [6.45, 7) is 10.4. The number of hydrogen-bond donors (Lipinski definition) is 2. The Morgan fingerprint density at radius 3 is 2.47 bits per heavy atom. The third kappa shape index (κ3) is 7.41. The van der Waals surface area contributed by atoms with E-state index < -0.39 is 6.10 Å². The number of aliphatic hydroxyl groups excluding tert-OH is 1. The molecular weight excluding hydrogens is 222 g/mol. The molecule has 0 spiro atoms. The minimum absolute atomic E-state index is 0.0883. The summed E-state index contributed by atoms with van der Waals surface area (Å²) in [5.74, 6) is -0.135. The molecular formula is C12H21NO4. The molecule has 0 heterocycles. The Kier molecular flexibility index (Phi) is 7.05. The van der Waals surface area contributed by atoms with Gasteiger partial charge in [-0.2, -0.15) is 0 Å². The Morgan fingerprint density at radius 2 is 2.06 bits per heavy atom. The lowest BCUT2D eigenvalue weighted by atomic mass is 10.4. The average Bonchev–Trinajstić information content (AvgIpc) is 2.22. The Labute approximate surface area is 102 Å². The van der Waals surface area contributed by atoms with Crippen LogP contribution in [-0.2, 0) is 14.3 Å². The first-order valence-electron chi connectivity index (χ1n) is 5.48. The lowest BCUT2D eigenvalue weighted by Crippen LogP contribution is -2.23. The summed E-state index contributed by atoms with van der Waals surface area (Å²) < 4.78 is 10.7. The van der Waals surface area contributed by atoms with Crippen LogP contribution in [-0.4, -0.2) is 29.8 Å². The van der Waals surface area contributed by atoms with Gasteiger partial charge >= 0.3 is 0 Å². The molecule has 0 radical (unpaired) electrons. The fourth-order valence-electron chi connectivity index (χ4n) is 0.928. The van der Waals surface area contributed by atoms with E-state index in [2.05, 4.69) is 11.9 Å². The molecule has 0 aromatic heterocycles. The molecule has 0 saturated carbocycles. The van der Waals surface area contributed by atoms with Crippen LogP contribution in [0.4, 0.5) is 0 Å². The highest BCUT2D eigenvalue weighted by Crippen LogP contribution is 2.09. The molecule has 17 heavy (non-hydrogen) atoms. The molecule has 0 aromatic carbocycles. The van der Waals surface area contributed by atoms with Gasteiger partial charge < -0.3 is 19.9 Å². The summed E-state index contributed by atoms with van der Waals surface area (Å²) in [7, 11) is 0. The van der Waals surface area contributed by atoms with E-state index >= 15 is 0 Å². The van der Waals surface area contributed by atoms with Crippen LogP contribution in [0.3, 0.4) is 0 Å². The lowest BCUT2D eigenvalue weighted by Gasteiger charge is -2.18. The summed E-state index contributed by atoms with van der Waals surface area (Å²) in [6.07, 6.45) is 0.462. The smallest absolute Gasteiger partial charge is 0.299 e. The molecule has 0 rings (SSSR count). The van der Waals surface area contributed by atoms with E-state index in [0.29, 0.717) is 5.70 Å². The number of aliphatic hydroxyl groups is 1. The molecule has 2 N–H and O–H groups in total. The molecule has 5 nitrogen and oxygen atoms in total. The maximum absolute atomic E-state index is 11.1. The van der Waals surface area contributed by atoms with Crippen molar-refractivity contribution in [1.29, 1.82) is 0 Å². The summed E-state index contributed by atoms with van der Waals surface area (Å²) in [5.41, 5.74) is 0.448. The zero-order valence-electron chi connectivity index (χ0n) is 10.8. The van der Waals surface area contributed by atoms with Gasteiger partial charge in [0.05, 0.1) is 17.9 Å². The molecule has 98 valence electrons. The summed E-state index contributed by atoms with van der Waals surface area (Å²) in [6, 6.07) is 0. The van der Waals surface area contributed by atoms with Crippen LogP contribution in [0.2, 0.25) is 0 Å². The van der Waals surface area contributed by atoms with Crippen molar-refractivity contribution < 1.29 is 19.4 Å². The van der Waals surface area contributed by atoms with Gasteiger partial charge in [0.15, 0.2) is 0 Å². The molecule has 0 aliphatic carbocycles. The zero-order valence-corrected chi connectivity index (χ0v) is 10.8. The molecule has 1 amide bonds. The monoisotopic (exact) mass is 243 g/mol. The van der Waals surface area contributed by atoms with E-state index in [1.165, 1.54) is 0 Å². The van der Waals surface area contributed by atoms with Crippen molar-refractivity contribution in [2.75, 3.05) is 6.61 Å². The van der Waals surface area contributed by atoms with Crippen molar-refractivity contribution in [2.45, 2.75) is 39.9 Å². The third-order valence-corrected chi connectivity index (χ3v) is 1.60. The molecule has 1 atom stereocenters. The predicted molar refractivity (Wildman–Crippen MR) is 64.9 cm³/mol. The standard InChI is InChI=1S/C12H21NO4/c1-6-11(15)13-10(5)12(17-8(2)3)16-7-9(4)14/h6,8-9,14H,1,7H2,2-5H3,(H,13,15). The Hall–Kier alpha value is -1.49. The SMILES string of the molecule is C=CC(=O)NC(C)=C(OCC(C)O)OC(C)C. The maximum Gasteiger partial charge on any atom is 0.299 e. The zero-order chi connectivity index (χ0) is 13.4. The Morgan fingerprint density at radius 1 is 1.47 bits per heavy atom. The van der Waals surface area contributed by atoms with Gasteiger partial charge in [-0.25, -0.2) is 0 Å². The van der Waals surface area contributed by atoms with Gasteiger partial charge in [0.25, 0.3) is 5.95 Å². The Balaban J connectivity index is 4.66. The second-order valence-corrected chi connectivity index (χ2v) is 3.93. The molecule has 5 heteroatoms. The van der Waals surface area contributed by atoms with Crippen molar-refractivity contribution in [3.8, 4) is 0 Å². The first-order chi connectivity index (χ1) is 7.86. The number of amides is 1. The van der Waals surface area contributed by atoms with E-state index in [-0.39, 0.29) is 24.6 Å². The van der Waals surface area contributed by atoms with Gasteiger partial charge in [0.1, 0.15) is 6.61 Å². The predicted octanol–water partition coefficient (Wildman–Crippen LogP) is 1.30. The third-order valence-electron chi connectivity index (χ3n) is 1.60.